The van der Waals surface area contributed by atoms with Crippen molar-refractivity contribution in [2.75, 3.05) is 12.8 Å². The maximum absolute atomic E-state index is 6.15. The molecule has 0 amide bonds. The topological polar surface area (TPSA) is 66.0 Å². The third-order valence-electron chi connectivity index (χ3n) is 4.26. The maximum Gasteiger partial charge on any atom is 0.215 e. The second-order valence-corrected chi connectivity index (χ2v) is 5.70. The molecule has 2 aromatic heterocycles. The highest BCUT2D eigenvalue weighted by atomic mass is 16.5. The van der Waals surface area contributed by atoms with Crippen molar-refractivity contribution in [1.82, 2.24) is 14.5 Å². The number of pyridine rings is 1. The molecule has 4 rings (SSSR count). The van der Waals surface area contributed by atoms with Crippen molar-refractivity contribution < 1.29 is 4.74 Å². The lowest BCUT2D eigenvalue weighted by Gasteiger charge is -2.19. The average molecular weight is 258 g/mol. The predicted molar refractivity (Wildman–Crippen MR) is 73.0 cm³/mol. The summed E-state index contributed by atoms with van der Waals surface area (Å²) in [5, 5.41) is 0. The molecular weight excluding hydrogens is 240 g/mol. The second-order valence-electron chi connectivity index (χ2n) is 5.70. The molecule has 0 atom stereocenters. The van der Waals surface area contributed by atoms with E-state index < -0.39 is 0 Å². The number of hydrogen-bond donors (Lipinski definition) is 1. The van der Waals surface area contributed by atoms with Crippen LogP contribution in [0.4, 0.5) is 5.95 Å². The summed E-state index contributed by atoms with van der Waals surface area (Å²) in [6.07, 6.45) is 5.24. The first-order valence-corrected chi connectivity index (χ1v) is 6.96. The van der Waals surface area contributed by atoms with Gasteiger partial charge in [0.1, 0.15) is 5.52 Å². The van der Waals surface area contributed by atoms with Crippen LogP contribution < -0.4 is 10.5 Å². The number of imidazole rings is 1. The van der Waals surface area contributed by atoms with Gasteiger partial charge in [-0.25, -0.2) is 4.98 Å². The van der Waals surface area contributed by atoms with Gasteiger partial charge in [0.2, 0.25) is 11.8 Å². The second kappa shape index (κ2) is 3.85. The largest absolute Gasteiger partial charge is 0.481 e. The fourth-order valence-corrected chi connectivity index (χ4v) is 3.06. The Morgan fingerprint density at radius 2 is 1.89 bits per heavy atom. The molecule has 2 aromatic rings. The molecule has 2 heterocycles. The van der Waals surface area contributed by atoms with Crippen LogP contribution in [0.1, 0.15) is 31.7 Å². The number of aromatic nitrogens is 3. The van der Waals surface area contributed by atoms with Gasteiger partial charge in [-0.05, 0) is 43.6 Å². The van der Waals surface area contributed by atoms with Crippen LogP contribution in [-0.4, -0.2) is 21.6 Å². The highest BCUT2D eigenvalue weighted by Crippen LogP contribution is 2.53. The standard InChI is InChI=1S/C14H18N4O/c1-19-11-7-6-10-13(17-11)18(14(15)16-10)12(8-2-3-8)9-4-5-9/h6-9,12H,2-5H2,1H3,(H2,15,16). The van der Waals surface area contributed by atoms with E-state index in [9.17, 15) is 0 Å². The Morgan fingerprint density at radius 3 is 2.47 bits per heavy atom. The summed E-state index contributed by atoms with van der Waals surface area (Å²) < 4.78 is 7.39. The van der Waals surface area contributed by atoms with Crippen LogP contribution in [0.2, 0.25) is 0 Å². The van der Waals surface area contributed by atoms with E-state index in [2.05, 4.69) is 14.5 Å². The molecule has 2 N–H and O–H groups in total. The third kappa shape index (κ3) is 1.76. The molecule has 5 nitrogen and oxygen atoms in total. The van der Waals surface area contributed by atoms with Gasteiger partial charge in [0.25, 0.3) is 0 Å². The van der Waals surface area contributed by atoms with Gasteiger partial charge in [-0.15, -0.1) is 0 Å². The van der Waals surface area contributed by atoms with E-state index in [1.54, 1.807) is 7.11 Å². The number of anilines is 1. The first-order chi connectivity index (χ1) is 9.28. The summed E-state index contributed by atoms with van der Waals surface area (Å²) in [5.41, 5.74) is 7.89. The minimum atomic E-state index is 0.490. The minimum absolute atomic E-state index is 0.490. The van der Waals surface area contributed by atoms with E-state index in [4.69, 9.17) is 10.5 Å². The molecule has 0 aliphatic heterocycles. The number of methoxy groups -OCH3 is 1. The summed E-state index contributed by atoms with van der Waals surface area (Å²) in [7, 11) is 1.64. The van der Waals surface area contributed by atoms with Crippen LogP contribution in [0.3, 0.4) is 0 Å². The van der Waals surface area contributed by atoms with Crippen LogP contribution in [0, 0.1) is 11.8 Å². The Bertz CT molecular complexity index is 616. The van der Waals surface area contributed by atoms with Gasteiger partial charge in [-0.1, -0.05) is 0 Å². The normalized spacial score (nSPS) is 19.3. The Labute approximate surface area is 111 Å². The van der Waals surface area contributed by atoms with Gasteiger partial charge in [0.15, 0.2) is 5.65 Å². The van der Waals surface area contributed by atoms with Crippen molar-refractivity contribution in [3.8, 4) is 5.88 Å². The SMILES string of the molecule is COc1ccc2nc(N)n(C(C3CC3)C3CC3)c2n1. The van der Waals surface area contributed by atoms with Crippen LogP contribution in [-0.2, 0) is 0 Å². The van der Waals surface area contributed by atoms with Crippen LogP contribution in [0.15, 0.2) is 12.1 Å². The predicted octanol–water partition coefficient (Wildman–Crippen LogP) is 2.38. The summed E-state index contributed by atoms with van der Waals surface area (Å²) in [4.78, 5) is 9.01. The Kier molecular flexibility index (Phi) is 2.25. The minimum Gasteiger partial charge on any atom is -0.481 e. The number of nitrogens with zero attached hydrogens (tertiary/aromatic N) is 3. The molecule has 2 saturated carbocycles. The maximum atomic E-state index is 6.15. The van der Waals surface area contributed by atoms with E-state index in [1.165, 1.54) is 25.7 Å². The van der Waals surface area contributed by atoms with E-state index in [1.807, 2.05) is 12.1 Å². The van der Waals surface area contributed by atoms with Crippen LogP contribution >= 0.6 is 0 Å². The molecule has 0 saturated heterocycles. The first kappa shape index (κ1) is 11.1. The smallest absolute Gasteiger partial charge is 0.215 e. The van der Waals surface area contributed by atoms with Crippen LogP contribution in [0.25, 0.3) is 11.2 Å². The highest BCUT2D eigenvalue weighted by Gasteiger charge is 2.44. The summed E-state index contributed by atoms with van der Waals surface area (Å²) in [5.74, 6) is 2.75. The molecular formula is C14H18N4O. The highest BCUT2D eigenvalue weighted by molar-refractivity contribution is 5.75. The van der Waals surface area contributed by atoms with Gasteiger partial charge in [0.05, 0.1) is 7.11 Å². The molecule has 0 radical (unpaired) electrons. The number of ether oxygens (including phenoxy) is 1. The molecule has 2 aliphatic carbocycles. The quantitative estimate of drug-likeness (QED) is 0.914. The van der Waals surface area contributed by atoms with Crippen LogP contribution in [0.5, 0.6) is 5.88 Å². The molecule has 5 heteroatoms. The van der Waals surface area contributed by atoms with Crippen molar-refractivity contribution in [1.29, 1.82) is 0 Å². The zero-order valence-corrected chi connectivity index (χ0v) is 11.0. The summed E-state index contributed by atoms with van der Waals surface area (Å²) in [6.45, 7) is 0. The van der Waals surface area contributed by atoms with Gasteiger partial charge >= 0.3 is 0 Å². The summed E-state index contributed by atoms with van der Waals surface area (Å²) >= 11 is 0. The molecule has 0 unspecified atom stereocenters. The molecule has 2 aliphatic rings. The Balaban J connectivity index is 1.88. The number of hydrogen-bond acceptors (Lipinski definition) is 4. The number of nitrogen functional groups attached to an aromatic ring is 1. The first-order valence-electron chi connectivity index (χ1n) is 6.96. The van der Waals surface area contributed by atoms with Gasteiger partial charge in [-0.2, -0.15) is 4.98 Å². The molecule has 0 bridgehead atoms. The Morgan fingerprint density at radius 1 is 1.21 bits per heavy atom. The number of fused-ring (bicyclic) bond motifs is 1. The van der Waals surface area contributed by atoms with E-state index in [0.29, 0.717) is 17.9 Å². The average Bonchev–Trinajstić information content (AvgIpc) is 3.30. The zero-order chi connectivity index (χ0) is 13.0. The molecule has 100 valence electrons. The van der Waals surface area contributed by atoms with E-state index >= 15 is 0 Å². The van der Waals surface area contributed by atoms with E-state index in [-0.39, 0.29) is 0 Å². The summed E-state index contributed by atoms with van der Waals surface area (Å²) in [6, 6.07) is 4.26. The van der Waals surface area contributed by atoms with Gasteiger partial charge in [0, 0.05) is 12.1 Å². The lowest BCUT2D eigenvalue weighted by Crippen LogP contribution is -2.16. The van der Waals surface area contributed by atoms with Gasteiger partial charge < -0.3 is 10.5 Å². The number of rotatable bonds is 4. The Hall–Kier alpha value is -1.78. The van der Waals surface area contributed by atoms with Crippen molar-refractivity contribution in [3.05, 3.63) is 12.1 Å². The fraction of sp³-hybridized carbons (Fsp3) is 0.571. The zero-order valence-electron chi connectivity index (χ0n) is 11.0. The molecule has 0 spiro atoms. The molecule has 19 heavy (non-hydrogen) atoms. The van der Waals surface area contributed by atoms with Crippen molar-refractivity contribution in [2.45, 2.75) is 31.7 Å². The van der Waals surface area contributed by atoms with Crippen molar-refractivity contribution >= 4 is 17.1 Å². The number of nitrogens with two attached hydrogens (primary N) is 1. The monoisotopic (exact) mass is 258 g/mol. The lowest BCUT2D eigenvalue weighted by atomic mass is 10.1. The van der Waals surface area contributed by atoms with Gasteiger partial charge in [-0.3, -0.25) is 4.57 Å². The van der Waals surface area contributed by atoms with E-state index in [0.717, 1.165) is 23.0 Å². The molecule has 0 aromatic carbocycles. The van der Waals surface area contributed by atoms with Crippen molar-refractivity contribution in [3.63, 3.8) is 0 Å². The lowest BCUT2D eigenvalue weighted by molar-refractivity contribution is 0.391. The van der Waals surface area contributed by atoms with Crippen molar-refractivity contribution in [2.24, 2.45) is 11.8 Å². The third-order valence-corrected chi connectivity index (χ3v) is 4.26. The molecule has 2 fully saturated rings. The fourth-order valence-electron chi connectivity index (χ4n) is 3.06.